The second-order valence-corrected chi connectivity index (χ2v) is 5.06. The molecule has 1 fully saturated rings. The van der Waals surface area contributed by atoms with Gasteiger partial charge < -0.3 is 29.9 Å². The summed E-state index contributed by atoms with van der Waals surface area (Å²) in [4.78, 5) is 0. The molecule has 1 aliphatic rings. The van der Waals surface area contributed by atoms with Crippen LogP contribution in [0.2, 0.25) is 0 Å². The average molecular weight is 305 g/mol. The lowest BCUT2D eigenvalue weighted by atomic mass is 10.0. The van der Waals surface area contributed by atoms with Crippen LogP contribution in [-0.4, -0.2) is 58.1 Å². The minimum absolute atomic E-state index is 0.443. The van der Waals surface area contributed by atoms with Gasteiger partial charge in [-0.1, -0.05) is 41.9 Å². The maximum atomic E-state index is 9.91. The molecule has 112 valence electrons. The number of hydrogen-bond acceptors (Lipinski definition) is 6. The van der Waals surface area contributed by atoms with Gasteiger partial charge in [-0.3, -0.25) is 0 Å². The van der Waals surface area contributed by atoms with Crippen LogP contribution in [0.5, 0.6) is 0 Å². The van der Waals surface area contributed by atoms with Crippen molar-refractivity contribution in [2.75, 3.05) is 13.2 Å². The molecule has 4 N–H and O–H groups in total. The molecule has 7 heteroatoms. The zero-order chi connectivity index (χ0) is 14.8. The molecule has 1 unspecified atom stereocenters. The van der Waals surface area contributed by atoms with Gasteiger partial charge in [-0.2, -0.15) is 0 Å². The molecule has 6 nitrogen and oxygen atoms in total. The van der Waals surface area contributed by atoms with E-state index in [2.05, 4.69) is 0 Å². The maximum Gasteiger partial charge on any atom is 0.277 e. The maximum absolute atomic E-state index is 9.91. The molecule has 1 aromatic rings. The van der Waals surface area contributed by atoms with E-state index in [9.17, 15) is 15.3 Å². The lowest BCUT2D eigenvalue weighted by Gasteiger charge is -2.24. The highest BCUT2D eigenvalue weighted by atomic mass is 35.5. The summed E-state index contributed by atoms with van der Waals surface area (Å²) in [6, 6.07) is 8.64. The summed E-state index contributed by atoms with van der Waals surface area (Å²) in [5.74, 6) is 0. The fraction of sp³-hybridized carbons (Fsp3) is 0.538. The summed E-state index contributed by atoms with van der Waals surface area (Å²) < 4.78 is 10.9. The first kappa shape index (κ1) is 15.7. The fourth-order valence-electron chi connectivity index (χ4n) is 2.07. The zero-order valence-corrected chi connectivity index (χ0v) is 11.3. The van der Waals surface area contributed by atoms with E-state index in [4.69, 9.17) is 26.2 Å². The highest BCUT2D eigenvalue weighted by molar-refractivity contribution is 6.22. The molecule has 0 radical (unpaired) electrons. The van der Waals surface area contributed by atoms with Crippen LogP contribution in [0.3, 0.4) is 0 Å². The first-order valence-corrected chi connectivity index (χ1v) is 6.57. The van der Waals surface area contributed by atoms with Crippen LogP contribution >= 0.6 is 11.6 Å². The van der Waals surface area contributed by atoms with E-state index in [1.165, 1.54) is 0 Å². The summed E-state index contributed by atoms with van der Waals surface area (Å²) in [5.41, 5.74) is 0.508. The number of aliphatic hydroxyl groups is 4. The van der Waals surface area contributed by atoms with Crippen LogP contribution in [0.1, 0.15) is 5.56 Å². The van der Waals surface area contributed by atoms with Crippen LogP contribution in [-0.2, 0) is 14.7 Å². The molecule has 1 aliphatic heterocycles. The number of hydrogen-bond donors (Lipinski definition) is 4. The van der Waals surface area contributed by atoms with E-state index in [0.717, 1.165) is 0 Å². The first-order valence-electron chi connectivity index (χ1n) is 6.19. The van der Waals surface area contributed by atoms with Gasteiger partial charge in [0.25, 0.3) is 5.25 Å². The van der Waals surface area contributed by atoms with Crippen LogP contribution in [0, 0.1) is 0 Å². The Balaban J connectivity index is 2.21. The van der Waals surface area contributed by atoms with Gasteiger partial charge in [0, 0.05) is 5.56 Å². The monoisotopic (exact) mass is 304 g/mol. The van der Waals surface area contributed by atoms with Crippen molar-refractivity contribution in [3.8, 4) is 0 Å². The second-order valence-electron chi connectivity index (χ2n) is 4.56. The Morgan fingerprint density at radius 2 is 1.80 bits per heavy atom. The molecule has 2 rings (SSSR count). The molecule has 5 atom stereocenters. The SMILES string of the molecule is OC[C@H](O)[C@H](O)[C@H]1OC(Cl)(c2ccccc2)O[C@@H]1CO. The first-order chi connectivity index (χ1) is 9.51. The third-order valence-electron chi connectivity index (χ3n) is 3.17. The van der Waals surface area contributed by atoms with Crippen LogP contribution in [0.25, 0.3) is 0 Å². The van der Waals surface area contributed by atoms with Crippen LogP contribution in [0.4, 0.5) is 0 Å². The Morgan fingerprint density at radius 1 is 1.15 bits per heavy atom. The van der Waals surface area contributed by atoms with Crippen molar-refractivity contribution in [2.24, 2.45) is 0 Å². The van der Waals surface area contributed by atoms with Crippen LogP contribution < -0.4 is 0 Å². The third kappa shape index (κ3) is 2.96. The number of alkyl halides is 1. The van der Waals surface area contributed by atoms with Gasteiger partial charge in [-0.15, -0.1) is 0 Å². The summed E-state index contributed by atoms with van der Waals surface area (Å²) in [6.07, 6.45) is -4.81. The molecule has 1 heterocycles. The van der Waals surface area contributed by atoms with Crippen molar-refractivity contribution in [3.05, 3.63) is 35.9 Å². The minimum atomic E-state index is -1.64. The van der Waals surface area contributed by atoms with Crippen molar-refractivity contribution in [2.45, 2.75) is 29.7 Å². The predicted octanol–water partition coefficient (Wildman–Crippen LogP) is -0.474. The highest BCUT2D eigenvalue weighted by Gasteiger charge is 2.51. The van der Waals surface area contributed by atoms with Crippen LogP contribution in [0.15, 0.2) is 30.3 Å². The number of rotatable bonds is 5. The van der Waals surface area contributed by atoms with Gasteiger partial charge in [-0.05, 0) is 0 Å². The number of aliphatic hydroxyl groups excluding tert-OH is 4. The van der Waals surface area contributed by atoms with E-state index in [1.807, 2.05) is 0 Å². The van der Waals surface area contributed by atoms with E-state index < -0.39 is 42.9 Å². The highest BCUT2D eigenvalue weighted by Crippen LogP contribution is 2.42. The smallest absolute Gasteiger partial charge is 0.277 e. The van der Waals surface area contributed by atoms with Crippen molar-refractivity contribution >= 4 is 11.6 Å². The molecule has 1 saturated heterocycles. The predicted molar refractivity (Wildman–Crippen MR) is 69.9 cm³/mol. The van der Waals surface area contributed by atoms with Gasteiger partial charge in [0.1, 0.15) is 24.4 Å². The molecule has 1 aromatic carbocycles. The summed E-state index contributed by atoms with van der Waals surface area (Å²) in [6.45, 7) is -1.08. The molecule has 0 amide bonds. The molecule has 0 saturated carbocycles. The molecule has 0 spiro atoms. The quantitative estimate of drug-likeness (QED) is 0.549. The number of halogens is 1. The Labute approximate surface area is 121 Å². The zero-order valence-electron chi connectivity index (χ0n) is 10.6. The van der Waals surface area contributed by atoms with Gasteiger partial charge in [0.15, 0.2) is 0 Å². The van der Waals surface area contributed by atoms with E-state index >= 15 is 0 Å². The third-order valence-corrected chi connectivity index (χ3v) is 3.57. The topological polar surface area (TPSA) is 99.4 Å². The van der Waals surface area contributed by atoms with Crippen molar-refractivity contribution in [1.29, 1.82) is 0 Å². The molecule has 0 aromatic heterocycles. The molecular weight excluding hydrogens is 288 g/mol. The lowest BCUT2D eigenvalue weighted by molar-refractivity contribution is -0.139. The lowest BCUT2D eigenvalue weighted by Crippen LogP contribution is -2.45. The van der Waals surface area contributed by atoms with Crippen molar-refractivity contribution in [3.63, 3.8) is 0 Å². The summed E-state index contributed by atoms with van der Waals surface area (Å²) >= 11 is 6.25. The van der Waals surface area contributed by atoms with E-state index in [-0.39, 0.29) is 0 Å². The molecule has 0 bridgehead atoms. The van der Waals surface area contributed by atoms with Gasteiger partial charge in [-0.25, -0.2) is 0 Å². The Morgan fingerprint density at radius 3 is 2.35 bits per heavy atom. The Hall–Kier alpha value is -0.730. The Kier molecular flexibility index (Phi) is 4.98. The van der Waals surface area contributed by atoms with E-state index in [0.29, 0.717) is 5.56 Å². The minimum Gasteiger partial charge on any atom is -0.394 e. The van der Waals surface area contributed by atoms with Gasteiger partial charge in [0.2, 0.25) is 0 Å². The number of benzene rings is 1. The van der Waals surface area contributed by atoms with E-state index in [1.54, 1.807) is 30.3 Å². The summed E-state index contributed by atoms with van der Waals surface area (Å²) in [5, 5.41) is 35.9. The second kappa shape index (κ2) is 6.36. The molecule has 0 aliphatic carbocycles. The van der Waals surface area contributed by atoms with Gasteiger partial charge >= 0.3 is 0 Å². The molecule has 20 heavy (non-hydrogen) atoms. The van der Waals surface area contributed by atoms with Crippen molar-refractivity contribution < 1.29 is 29.9 Å². The summed E-state index contributed by atoms with van der Waals surface area (Å²) in [7, 11) is 0. The standard InChI is InChI=1S/C13H17ClO6/c14-13(8-4-2-1-3-5-8)19-10(7-16)12(20-13)11(18)9(17)6-15/h1-5,9-12,15-18H,6-7H2/t9-,10+,11-,12-,13?/m0/s1. The Bertz CT molecular complexity index is 430. The average Bonchev–Trinajstić information content (AvgIpc) is 2.85. The number of ether oxygens (including phenoxy) is 2. The molecular formula is C13H17ClO6. The van der Waals surface area contributed by atoms with Crippen molar-refractivity contribution in [1.82, 2.24) is 0 Å². The fourth-order valence-corrected chi connectivity index (χ4v) is 2.41. The van der Waals surface area contributed by atoms with Gasteiger partial charge in [0.05, 0.1) is 13.2 Å². The normalized spacial score (nSPS) is 33.0. The largest absolute Gasteiger partial charge is 0.394 e.